The summed E-state index contributed by atoms with van der Waals surface area (Å²) < 4.78 is 2.22. The summed E-state index contributed by atoms with van der Waals surface area (Å²) >= 11 is 14.2. The number of hydrogen-bond acceptors (Lipinski definition) is 4. The van der Waals surface area contributed by atoms with E-state index in [0.29, 0.717) is 0 Å². The topological polar surface area (TPSA) is 41.7 Å². The molecule has 2 unspecified atom stereocenters. The van der Waals surface area contributed by atoms with Gasteiger partial charge in [0, 0.05) is 45.0 Å². The van der Waals surface area contributed by atoms with Gasteiger partial charge in [0.2, 0.25) is 4.80 Å². The fourth-order valence-electron chi connectivity index (χ4n) is 6.49. The van der Waals surface area contributed by atoms with Crippen molar-refractivity contribution in [2.45, 2.75) is 31.3 Å². The van der Waals surface area contributed by atoms with Crippen molar-refractivity contribution in [2.75, 3.05) is 0 Å². The molecule has 2 bridgehead atoms. The van der Waals surface area contributed by atoms with E-state index in [1.54, 1.807) is 11.3 Å². The minimum Gasteiger partial charge on any atom is -0.302 e. The number of rotatable bonds is 5. The molecule has 1 saturated heterocycles. The molecule has 0 spiro atoms. The highest BCUT2D eigenvalue weighted by Gasteiger charge is 2.45. The van der Waals surface area contributed by atoms with E-state index in [0.717, 1.165) is 51.1 Å². The maximum atomic E-state index is 6.28. The Morgan fingerprint density at radius 2 is 1.21 bits per heavy atom. The van der Waals surface area contributed by atoms with E-state index < -0.39 is 0 Å². The number of fused-ring (bicyclic) bond motifs is 2. The quantitative estimate of drug-likeness (QED) is 0.198. The Hall–Kier alpha value is -3.48. The molecule has 2 heterocycles. The van der Waals surface area contributed by atoms with Crippen LogP contribution in [-0.2, 0) is 0 Å². The summed E-state index contributed by atoms with van der Waals surface area (Å²) in [6.07, 6.45) is 3.29. The van der Waals surface area contributed by atoms with Crippen LogP contribution in [0.1, 0.15) is 42.5 Å². The highest BCUT2D eigenvalue weighted by Crippen LogP contribution is 2.46. The van der Waals surface area contributed by atoms with Crippen LogP contribution in [0.4, 0.5) is 0 Å². The monoisotopic (exact) mass is 608 g/mol. The molecule has 42 heavy (non-hydrogen) atoms. The lowest BCUT2D eigenvalue weighted by Crippen LogP contribution is -2.50. The van der Waals surface area contributed by atoms with E-state index in [1.165, 1.54) is 16.8 Å². The molecule has 0 radical (unpaired) electrons. The van der Waals surface area contributed by atoms with E-state index in [9.17, 15) is 0 Å². The molecule has 2 fully saturated rings. The number of nitrogens with one attached hydrogen (secondary N) is 1. The molecule has 4 atom stereocenters. The van der Waals surface area contributed by atoms with E-state index >= 15 is 0 Å². The number of thiazole rings is 1. The summed E-state index contributed by atoms with van der Waals surface area (Å²) in [5.74, 6) is 0.493. The minimum atomic E-state index is 0.109. The van der Waals surface area contributed by atoms with Crippen molar-refractivity contribution in [1.82, 2.24) is 9.88 Å². The van der Waals surface area contributed by atoms with Gasteiger partial charge in [0.15, 0.2) is 0 Å². The number of piperidine rings is 1. The Balaban J connectivity index is 1.37. The van der Waals surface area contributed by atoms with Crippen LogP contribution in [0.25, 0.3) is 16.9 Å². The number of nitrogens with zero attached hydrogens (tertiary/aromatic N) is 3. The van der Waals surface area contributed by atoms with Gasteiger partial charge in [-0.2, -0.15) is 5.10 Å². The third-order valence-corrected chi connectivity index (χ3v) is 9.78. The van der Waals surface area contributed by atoms with E-state index in [4.69, 9.17) is 33.4 Å². The molecule has 1 N–H and O–H groups in total. The molecule has 4 aromatic carbocycles. The zero-order valence-electron chi connectivity index (χ0n) is 22.9. The normalized spacial score (nSPS) is 23.3. The highest BCUT2D eigenvalue weighted by molar-refractivity contribution is 7.07. The zero-order chi connectivity index (χ0) is 28.5. The summed E-state index contributed by atoms with van der Waals surface area (Å²) in [5.41, 5.74) is 6.94. The highest BCUT2D eigenvalue weighted by atomic mass is 35.5. The summed E-state index contributed by atoms with van der Waals surface area (Å²) in [4.78, 5) is 0.857. The first-order chi connectivity index (χ1) is 20.7. The van der Waals surface area contributed by atoms with Crippen molar-refractivity contribution >= 4 is 40.3 Å². The fourth-order valence-corrected chi connectivity index (χ4v) is 7.60. The second-order valence-electron chi connectivity index (χ2n) is 10.9. The largest absolute Gasteiger partial charge is 0.302 e. The lowest BCUT2D eigenvalue weighted by Gasteiger charge is -2.47. The number of hydrogen-bond donors (Lipinski definition) is 1. The van der Waals surface area contributed by atoms with Gasteiger partial charge >= 0.3 is 0 Å². The molecule has 0 amide bonds. The van der Waals surface area contributed by atoms with Crippen molar-refractivity contribution in [3.8, 4) is 16.9 Å². The first-order valence-corrected chi connectivity index (χ1v) is 16.0. The van der Waals surface area contributed by atoms with Crippen molar-refractivity contribution in [3.05, 3.63) is 141 Å². The first-order valence-electron chi connectivity index (χ1n) is 14.4. The molecular weight excluding hydrogens is 579 g/mol. The number of para-hydroxylation sites is 1. The predicted molar refractivity (Wildman–Crippen MR) is 174 cm³/mol. The van der Waals surface area contributed by atoms with Gasteiger partial charge in [-0.1, -0.05) is 102 Å². The van der Waals surface area contributed by atoms with Gasteiger partial charge in [0.05, 0.1) is 11.4 Å². The minimum absolute atomic E-state index is 0.109. The van der Waals surface area contributed by atoms with Gasteiger partial charge in [0.1, 0.15) is 0 Å². The van der Waals surface area contributed by atoms with Crippen LogP contribution >= 0.6 is 34.5 Å². The van der Waals surface area contributed by atoms with E-state index in [2.05, 4.69) is 88.1 Å². The third-order valence-electron chi connectivity index (χ3n) is 8.46. The number of aromatic nitrogens is 1. The molecule has 210 valence electrons. The van der Waals surface area contributed by atoms with Crippen LogP contribution in [0.15, 0.2) is 125 Å². The molecular formula is C35H30Cl2N4S. The van der Waals surface area contributed by atoms with Crippen LogP contribution in [-0.4, -0.2) is 10.3 Å². The maximum absolute atomic E-state index is 6.28. The second-order valence-corrected chi connectivity index (χ2v) is 12.6. The summed E-state index contributed by atoms with van der Waals surface area (Å²) in [6.45, 7) is 0. The zero-order valence-corrected chi connectivity index (χ0v) is 25.2. The molecule has 1 aromatic heterocycles. The van der Waals surface area contributed by atoms with Crippen molar-refractivity contribution in [3.63, 3.8) is 0 Å². The van der Waals surface area contributed by atoms with Crippen LogP contribution in [0.5, 0.6) is 0 Å². The van der Waals surface area contributed by atoms with Gasteiger partial charge in [0.25, 0.3) is 0 Å². The molecule has 5 aromatic rings. The Bertz CT molecular complexity index is 1700. The Labute approximate surface area is 260 Å². The Kier molecular flexibility index (Phi) is 7.83. The van der Waals surface area contributed by atoms with Gasteiger partial charge in [-0.15, -0.1) is 16.4 Å². The lowest BCUT2D eigenvalue weighted by molar-refractivity contribution is 0.233. The molecule has 1 saturated carbocycles. The number of halogens is 2. The summed E-state index contributed by atoms with van der Waals surface area (Å²) in [6, 6.07) is 37.6. The van der Waals surface area contributed by atoms with Crippen LogP contribution < -0.4 is 10.1 Å². The fraction of sp³-hybridized carbons (Fsp3) is 0.200. The predicted octanol–water partition coefficient (Wildman–Crippen LogP) is 9.27. The first kappa shape index (κ1) is 27.4. The van der Waals surface area contributed by atoms with E-state index in [-0.39, 0.29) is 23.9 Å². The molecule has 2 aliphatic rings. The Morgan fingerprint density at radius 1 is 0.667 bits per heavy atom. The van der Waals surface area contributed by atoms with Crippen molar-refractivity contribution < 1.29 is 0 Å². The van der Waals surface area contributed by atoms with Crippen molar-refractivity contribution in [1.29, 1.82) is 0 Å². The van der Waals surface area contributed by atoms with Gasteiger partial charge in [-0.25, -0.2) is 0 Å². The van der Waals surface area contributed by atoms with Gasteiger partial charge in [-0.3, -0.25) is 4.57 Å². The van der Waals surface area contributed by atoms with E-state index in [1.807, 2.05) is 36.4 Å². The van der Waals surface area contributed by atoms with Crippen LogP contribution in [0.2, 0.25) is 10.0 Å². The summed E-state index contributed by atoms with van der Waals surface area (Å²) in [5, 5.41) is 17.8. The smallest absolute Gasteiger partial charge is 0.215 e. The van der Waals surface area contributed by atoms with Crippen LogP contribution in [0, 0.1) is 11.8 Å². The molecule has 1 aliphatic carbocycles. The molecule has 4 nitrogen and oxygen atoms in total. The second kappa shape index (κ2) is 12.0. The molecule has 7 heteroatoms. The van der Waals surface area contributed by atoms with Gasteiger partial charge in [-0.05, 0) is 65.9 Å². The maximum Gasteiger partial charge on any atom is 0.215 e. The SMILES string of the molecule is Clc1ccc([C@H]2N[C@@H](c3ccc(Cl)cc3)C3CCCC2C3=N/N=c2\scc(-c3ccccc3)n2-c2ccccc2)cc1. The average molecular weight is 610 g/mol. The average Bonchev–Trinajstić information content (AvgIpc) is 3.46. The molecule has 7 rings (SSSR count). The number of benzene rings is 4. The summed E-state index contributed by atoms with van der Waals surface area (Å²) in [7, 11) is 0. The van der Waals surface area contributed by atoms with Gasteiger partial charge < -0.3 is 5.32 Å². The standard InChI is InChI=1S/C35H30Cl2N4S/c36-26-18-14-24(15-19-26)32-29-12-7-13-30(33(38-32)25-16-20-27(37)21-17-25)34(29)39-40-35-41(28-10-5-2-6-11-28)31(22-42-35)23-8-3-1-4-9-23/h1-6,8-11,14-22,29-30,32-33,38H,7,12-13H2/b39-34?,40-35-/t29?,30?,32-,33+. The Morgan fingerprint density at radius 3 is 1.79 bits per heavy atom. The third kappa shape index (κ3) is 5.38. The lowest BCUT2D eigenvalue weighted by atomic mass is 9.67. The van der Waals surface area contributed by atoms with Crippen molar-refractivity contribution in [2.24, 2.45) is 22.0 Å². The molecule has 1 aliphatic heterocycles. The van der Waals surface area contributed by atoms with Crippen LogP contribution in [0.3, 0.4) is 0 Å².